The molecule has 0 aliphatic rings. The van der Waals surface area contributed by atoms with Gasteiger partial charge in [-0.25, -0.2) is 0 Å². The quantitative estimate of drug-likeness (QED) is 0.796. The highest BCUT2D eigenvalue weighted by molar-refractivity contribution is 5.75. The third-order valence-corrected chi connectivity index (χ3v) is 3.12. The smallest absolute Gasteiger partial charge is 0.239 e. The fraction of sp³-hybridized carbons (Fsp3) is 0.667. The van der Waals surface area contributed by atoms with Crippen LogP contribution >= 0.6 is 0 Å². The normalized spacial score (nSPS) is 13.0. The summed E-state index contributed by atoms with van der Waals surface area (Å²) < 4.78 is 1.81. The fourth-order valence-corrected chi connectivity index (χ4v) is 1.84. The van der Waals surface area contributed by atoms with Gasteiger partial charge < -0.3 is 15.0 Å². The zero-order chi connectivity index (χ0) is 14.4. The highest BCUT2D eigenvalue weighted by Gasteiger charge is 2.13. The molecule has 0 fully saturated rings. The van der Waals surface area contributed by atoms with Crippen molar-refractivity contribution in [1.29, 1.82) is 0 Å². The predicted molar refractivity (Wildman–Crippen MR) is 76.7 cm³/mol. The molecule has 4 nitrogen and oxygen atoms in total. The van der Waals surface area contributed by atoms with E-state index in [4.69, 9.17) is 0 Å². The van der Waals surface area contributed by atoms with Gasteiger partial charge in [0.25, 0.3) is 0 Å². The number of hydrogen-bond donors (Lipinski definition) is 2. The largest absolute Gasteiger partial charge is 0.388 e. The first kappa shape index (κ1) is 15.8. The van der Waals surface area contributed by atoms with Crippen molar-refractivity contribution in [3.63, 3.8) is 0 Å². The van der Waals surface area contributed by atoms with Gasteiger partial charge in [-0.05, 0) is 29.9 Å². The molecule has 1 atom stereocenters. The molecule has 0 saturated carbocycles. The molecular weight excluding hydrogens is 240 g/mol. The first-order valence-electron chi connectivity index (χ1n) is 7.00. The second-order valence-corrected chi connectivity index (χ2v) is 5.84. The summed E-state index contributed by atoms with van der Waals surface area (Å²) in [7, 11) is 0. The van der Waals surface area contributed by atoms with Crippen molar-refractivity contribution in [2.24, 2.45) is 11.8 Å². The minimum atomic E-state index is -0.467. The van der Waals surface area contributed by atoms with Crippen LogP contribution in [0.25, 0.3) is 0 Å². The molecule has 1 aromatic rings. The van der Waals surface area contributed by atoms with E-state index in [0.717, 1.165) is 18.5 Å². The lowest BCUT2D eigenvalue weighted by Crippen LogP contribution is -2.28. The Hall–Kier alpha value is -1.29. The number of aliphatic hydroxyl groups excluding tert-OH is 1. The lowest BCUT2D eigenvalue weighted by molar-refractivity contribution is -0.121. The third kappa shape index (κ3) is 5.47. The van der Waals surface area contributed by atoms with Crippen LogP contribution < -0.4 is 5.32 Å². The zero-order valence-corrected chi connectivity index (χ0v) is 12.4. The van der Waals surface area contributed by atoms with Gasteiger partial charge in [-0.15, -0.1) is 0 Å². The maximum absolute atomic E-state index is 11.7. The van der Waals surface area contributed by atoms with Gasteiger partial charge in [-0.3, -0.25) is 4.79 Å². The Morgan fingerprint density at radius 3 is 2.63 bits per heavy atom. The van der Waals surface area contributed by atoms with Crippen LogP contribution in [0.2, 0.25) is 0 Å². The number of hydrogen-bond acceptors (Lipinski definition) is 2. The topological polar surface area (TPSA) is 54.3 Å². The van der Waals surface area contributed by atoms with Crippen molar-refractivity contribution in [2.75, 3.05) is 6.54 Å². The number of rotatable bonds is 7. The molecule has 0 aromatic carbocycles. The van der Waals surface area contributed by atoms with Gasteiger partial charge in [0.05, 0.1) is 6.10 Å². The van der Waals surface area contributed by atoms with Crippen LogP contribution in [0.1, 0.15) is 45.8 Å². The van der Waals surface area contributed by atoms with E-state index >= 15 is 0 Å². The standard InChI is InChI=1S/C15H26N2O2/c1-11(2)5-7-16-14(18)10-17-8-6-13(9-17)15(19)12(3)4/h6,8-9,11-12,15,19H,5,7,10H2,1-4H3,(H,16,18). The second-order valence-electron chi connectivity index (χ2n) is 5.84. The van der Waals surface area contributed by atoms with E-state index in [2.05, 4.69) is 19.2 Å². The van der Waals surface area contributed by atoms with E-state index in [-0.39, 0.29) is 11.8 Å². The van der Waals surface area contributed by atoms with Crippen molar-refractivity contribution in [1.82, 2.24) is 9.88 Å². The van der Waals surface area contributed by atoms with E-state index < -0.39 is 6.10 Å². The van der Waals surface area contributed by atoms with E-state index in [0.29, 0.717) is 12.5 Å². The summed E-state index contributed by atoms with van der Waals surface area (Å²) in [6.45, 7) is 9.25. The number of amides is 1. The van der Waals surface area contributed by atoms with Gasteiger partial charge in [-0.2, -0.15) is 0 Å². The van der Waals surface area contributed by atoms with Crippen LogP contribution in [-0.2, 0) is 11.3 Å². The SMILES string of the molecule is CC(C)CCNC(=O)Cn1ccc(C(O)C(C)C)c1. The van der Waals surface area contributed by atoms with E-state index in [1.807, 2.05) is 36.9 Å². The van der Waals surface area contributed by atoms with Gasteiger partial charge in [0, 0.05) is 18.9 Å². The molecule has 0 aliphatic carbocycles. The highest BCUT2D eigenvalue weighted by atomic mass is 16.3. The molecule has 0 bridgehead atoms. The van der Waals surface area contributed by atoms with Gasteiger partial charge >= 0.3 is 0 Å². The molecule has 0 spiro atoms. The average molecular weight is 266 g/mol. The molecule has 1 heterocycles. The van der Waals surface area contributed by atoms with Crippen molar-refractivity contribution in [3.8, 4) is 0 Å². The van der Waals surface area contributed by atoms with Crippen LogP contribution in [0, 0.1) is 11.8 Å². The summed E-state index contributed by atoms with van der Waals surface area (Å²) >= 11 is 0. The van der Waals surface area contributed by atoms with Crippen LogP contribution in [-0.4, -0.2) is 22.1 Å². The number of nitrogens with zero attached hydrogens (tertiary/aromatic N) is 1. The second kappa shape index (κ2) is 7.34. The molecule has 0 radical (unpaired) electrons. The van der Waals surface area contributed by atoms with Crippen molar-refractivity contribution < 1.29 is 9.90 Å². The Morgan fingerprint density at radius 2 is 2.05 bits per heavy atom. The molecule has 4 heteroatoms. The Morgan fingerprint density at radius 1 is 1.37 bits per heavy atom. The zero-order valence-electron chi connectivity index (χ0n) is 12.4. The number of aliphatic hydroxyl groups is 1. The average Bonchev–Trinajstić information content (AvgIpc) is 2.75. The van der Waals surface area contributed by atoms with E-state index in [1.54, 1.807) is 0 Å². The molecule has 1 aromatic heterocycles. The molecule has 1 amide bonds. The molecule has 1 unspecified atom stereocenters. The lowest BCUT2D eigenvalue weighted by atomic mass is 10.0. The van der Waals surface area contributed by atoms with Crippen LogP contribution in [0.4, 0.5) is 0 Å². The van der Waals surface area contributed by atoms with Crippen molar-refractivity contribution in [2.45, 2.75) is 46.8 Å². The number of carbonyl (C=O) groups excluding carboxylic acids is 1. The molecule has 0 saturated heterocycles. The number of nitrogens with one attached hydrogen (secondary N) is 1. The molecule has 0 aliphatic heterocycles. The maximum atomic E-state index is 11.7. The number of carbonyl (C=O) groups is 1. The predicted octanol–water partition coefficient (Wildman–Crippen LogP) is 2.34. The van der Waals surface area contributed by atoms with Crippen LogP contribution in [0.15, 0.2) is 18.5 Å². The first-order valence-corrected chi connectivity index (χ1v) is 7.00. The van der Waals surface area contributed by atoms with Gasteiger partial charge in [0.1, 0.15) is 6.54 Å². The lowest BCUT2D eigenvalue weighted by Gasteiger charge is -2.12. The van der Waals surface area contributed by atoms with E-state index in [9.17, 15) is 9.90 Å². The van der Waals surface area contributed by atoms with E-state index in [1.165, 1.54) is 0 Å². The summed E-state index contributed by atoms with van der Waals surface area (Å²) in [5, 5.41) is 12.8. The van der Waals surface area contributed by atoms with Crippen LogP contribution in [0.3, 0.4) is 0 Å². The fourth-order valence-electron chi connectivity index (χ4n) is 1.84. The number of aromatic nitrogens is 1. The van der Waals surface area contributed by atoms with Gasteiger partial charge in [0.15, 0.2) is 0 Å². The molecule has 2 N–H and O–H groups in total. The minimum absolute atomic E-state index is 0.0156. The van der Waals surface area contributed by atoms with Gasteiger partial charge in [0.2, 0.25) is 5.91 Å². The highest BCUT2D eigenvalue weighted by Crippen LogP contribution is 2.21. The summed E-state index contributed by atoms with van der Waals surface area (Å²) in [5.41, 5.74) is 0.866. The molecule has 19 heavy (non-hydrogen) atoms. The first-order chi connectivity index (χ1) is 8.90. The Kier molecular flexibility index (Phi) is 6.09. The Labute approximate surface area is 115 Å². The summed E-state index contributed by atoms with van der Waals surface area (Å²) in [4.78, 5) is 11.7. The monoisotopic (exact) mass is 266 g/mol. The van der Waals surface area contributed by atoms with Gasteiger partial charge in [-0.1, -0.05) is 27.7 Å². The van der Waals surface area contributed by atoms with Crippen molar-refractivity contribution >= 4 is 5.91 Å². The Bertz CT molecular complexity index is 397. The Balaban J connectivity index is 2.43. The maximum Gasteiger partial charge on any atom is 0.239 e. The summed E-state index contributed by atoms with van der Waals surface area (Å²) in [5.74, 6) is 0.789. The molecular formula is C15H26N2O2. The third-order valence-electron chi connectivity index (χ3n) is 3.12. The molecule has 108 valence electrons. The summed E-state index contributed by atoms with van der Waals surface area (Å²) in [6, 6.07) is 1.87. The molecule has 1 rings (SSSR count). The minimum Gasteiger partial charge on any atom is -0.388 e. The van der Waals surface area contributed by atoms with Crippen LogP contribution in [0.5, 0.6) is 0 Å². The summed E-state index contributed by atoms with van der Waals surface area (Å²) in [6.07, 6.45) is 4.20. The van der Waals surface area contributed by atoms with Crippen molar-refractivity contribution in [3.05, 3.63) is 24.0 Å².